The first-order chi connectivity index (χ1) is 17.3. The van der Waals surface area contributed by atoms with Gasteiger partial charge in [0.15, 0.2) is 0 Å². The van der Waals surface area contributed by atoms with E-state index in [9.17, 15) is 19.7 Å². The number of ether oxygens (including phenoxy) is 2. The zero-order chi connectivity index (χ0) is 25.8. The van der Waals surface area contributed by atoms with Crippen molar-refractivity contribution in [2.75, 3.05) is 20.2 Å². The molecule has 9 heteroatoms. The van der Waals surface area contributed by atoms with Crippen molar-refractivity contribution < 1.29 is 24.0 Å². The van der Waals surface area contributed by atoms with Crippen molar-refractivity contribution in [1.82, 2.24) is 10.2 Å². The van der Waals surface area contributed by atoms with Crippen molar-refractivity contribution >= 4 is 17.6 Å². The lowest BCUT2D eigenvalue weighted by Crippen LogP contribution is -2.34. The number of nitrogens with zero attached hydrogens (tertiary/aromatic N) is 2. The zero-order valence-electron chi connectivity index (χ0n) is 20.5. The van der Waals surface area contributed by atoms with Gasteiger partial charge >= 0.3 is 11.9 Å². The summed E-state index contributed by atoms with van der Waals surface area (Å²) >= 11 is 0. The SMILES string of the molecule is COC(=O)C1=C(C)NC(C)=C(C(=O)OC2CCN(Cc3ccccc3)C2)[C@H]1c1cccc([N+](=O)[O-])c1. The fraction of sp³-hybridized carbons (Fsp3) is 0.333. The molecule has 2 aromatic carbocycles. The molecule has 0 radical (unpaired) electrons. The van der Waals surface area contributed by atoms with Gasteiger partial charge in [-0.05, 0) is 31.4 Å². The number of rotatable bonds is 7. The Morgan fingerprint density at radius 1 is 1.06 bits per heavy atom. The second-order valence-electron chi connectivity index (χ2n) is 9.02. The van der Waals surface area contributed by atoms with E-state index in [1.165, 1.54) is 30.9 Å². The summed E-state index contributed by atoms with van der Waals surface area (Å²) in [7, 11) is 1.26. The monoisotopic (exact) mass is 491 g/mol. The molecule has 2 aliphatic rings. The average Bonchev–Trinajstić information content (AvgIpc) is 3.30. The van der Waals surface area contributed by atoms with Gasteiger partial charge in [0.2, 0.25) is 0 Å². The Hall–Kier alpha value is -3.98. The second kappa shape index (κ2) is 10.7. The van der Waals surface area contributed by atoms with Crippen LogP contribution < -0.4 is 5.32 Å². The Morgan fingerprint density at radius 3 is 2.42 bits per heavy atom. The molecular formula is C27H29N3O6. The summed E-state index contributed by atoms with van der Waals surface area (Å²) < 4.78 is 10.9. The van der Waals surface area contributed by atoms with E-state index in [0.29, 0.717) is 29.9 Å². The van der Waals surface area contributed by atoms with E-state index < -0.39 is 22.8 Å². The number of nitrogens with one attached hydrogen (secondary N) is 1. The molecule has 188 valence electrons. The highest BCUT2D eigenvalue weighted by Gasteiger charge is 2.39. The molecule has 1 unspecified atom stereocenters. The number of dihydropyridines is 1. The van der Waals surface area contributed by atoms with Crippen molar-refractivity contribution in [2.45, 2.75) is 38.8 Å². The number of benzene rings is 2. The second-order valence-corrected chi connectivity index (χ2v) is 9.02. The quantitative estimate of drug-likeness (QED) is 0.354. The number of methoxy groups -OCH3 is 1. The van der Waals surface area contributed by atoms with Gasteiger partial charge < -0.3 is 14.8 Å². The van der Waals surface area contributed by atoms with Crippen molar-refractivity contribution in [1.29, 1.82) is 0 Å². The molecule has 0 bridgehead atoms. The van der Waals surface area contributed by atoms with Gasteiger partial charge in [-0.15, -0.1) is 0 Å². The van der Waals surface area contributed by atoms with Gasteiger partial charge in [-0.2, -0.15) is 0 Å². The lowest BCUT2D eigenvalue weighted by atomic mass is 9.80. The van der Waals surface area contributed by atoms with Gasteiger partial charge in [-0.1, -0.05) is 42.5 Å². The minimum atomic E-state index is -0.868. The van der Waals surface area contributed by atoms with Crippen LogP contribution in [0, 0.1) is 10.1 Å². The molecule has 1 fully saturated rings. The summed E-state index contributed by atoms with van der Waals surface area (Å²) in [5.41, 5.74) is 2.99. The molecule has 36 heavy (non-hydrogen) atoms. The Bertz CT molecular complexity index is 1240. The molecule has 0 amide bonds. The Kier molecular flexibility index (Phi) is 7.49. The van der Waals surface area contributed by atoms with Gasteiger partial charge in [0.25, 0.3) is 5.69 Å². The summed E-state index contributed by atoms with van der Waals surface area (Å²) in [6, 6.07) is 16.0. The lowest BCUT2D eigenvalue weighted by Gasteiger charge is -2.30. The van der Waals surface area contributed by atoms with Gasteiger partial charge in [0.1, 0.15) is 6.10 Å². The smallest absolute Gasteiger partial charge is 0.337 e. The van der Waals surface area contributed by atoms with E-state index in [0.717, 1.165) is 13.1 Å². The predicted molar refractivity (Wildman–Crippen MR) is 133 cm³/mol. The van der Waals surface area contributed by atoms with E-state index in [4.69, 9.17) is 9.47 Å². The van der Waals surface area contributed by atoms with Crippen LogP contribution in [0.2, 0.25) is 0 Å². The van der Waals surface area contributed by atoms with Crippen LogP contribution in [0.1, 0.15) is 37.3 Å². The average molecular weight is 492 g/mol. The number of allylic oxidation sites excluding steroid dienone is 2. The summed E-state index contributed by atoms with van der Waals surface area (Å²) in [5, 5.41) is 14.5. The zero-order valence-corrected chi connectivity index (χ0v) is 20.5. The lowest BCUT2D eigenvalue weighted by molar-refractivity contribution is -0.384. The highest BCUT2D eigenvalue weighted by molar-refractivity contribution is 6.00. The van der Waals surface area contributed by atoms with Gasteiger partial charge in [-0.3, -0.25) is 15.0 Å². The maximum Gasteiger partial charge on any atom is 0.337 e. The maximum absolute atomic E-state index is 13.5. The molecule has 1 saturated heterocycles. The highest BCUT2D eigenvalue weighted by atomic mass is 16.6. The minimum Gasteiger partial charge on any atom is -0.466 e. The first-order valence-electron chi connectivity index (χ1n) is 11.8. The molecule has 2 atom stereocenters. The summed E-state index contributed by atoms with van der Waals surface area (Å²) in [6.07, 6.45) is 0.388. The van der Waals surface area contributed by atoms with Gasteiger partial charge in [0.05, 0.1) is 29.1 Å². The molecule has 0 aromatic heterocycles. The van der Waals surface area contributed by atoms with Crippen molar-refractivity contribution in [3.05, 3.63) is 98.4 Å². The number of carbonyl (C=O) groups is 2. The van der Waals surface area contributed by atoms with E-state index in [1.807, 2.05) is 18.2 Å². The first kappa shape index (κ1) is 25.1. The number of hydrogen-bond donors (Lipinski definition) is 1. The Morgan fingerprint density at radius 2 is 1.75 bits per heavy atom. The number of non-ortho nitro benzene ring substituents is 1. The van der Waals surface area contributed by atoms with Crippen molar-refractivity contribution in [2.24, 2.45) is 0 Å². The molecule has 4 rings (SSSR count). The van der Waals surface area contributed by atoms with Crippen LogP contribution in [0.5, 0.6) is 0 Å². The topological polar surface area (TPSA) is 111 Å². The van der Waals surface area contributed by atoms with Crippen LogP contribution in [-0.4, -0.2) is 48.1 Å². The number of likely N-dealkylation sites (tertiary alicyclic amines) is 1. The number of esters is 2. The first-order valence-corrected chi connectivity index (χ1v) is 11.8. The number of nitro benzene ring substituents is 1. The molecule has 0 aliphatic carbocycles. The van der Waals surface area contributed by atoms with E-state index in [-0.39, 0.29) is 22.9 Å². The van der Waals surface area contributed by atoms with Crippen LogP contribution in [0.4, 0.5) is 5.69 Å². The molecule has 0 saturated carbocycles. The summed E-state index contributed by atoms with van der Waals surface area (Å²) in [5.74, 6) is -2.05. The van der Waals surface area contributed by atoms with Crippen molar-refractivity contribution in [3.8, 4) is 0 Å². The molecule has 0 spiro atoms. The maximum atomic E-state index is 13.5. The third-order valence-corrected chi connectivity index (χ3v) is 6.55. The molecule has 9 nitrogen and oxygen atoms in total. The highest BCUT2D eigenvalue weighted by Crippen LogP contribution is 2.40. The van der Waals surface area contributed by atoms with Crippen LogP contribution in [0.25, 0.3) is 0 Å². The normalized spacial score (nSPS) is 20.2. The van der Waals surface area contributed by atoms with Crippen LogP contribution in [-0.2, 0) is 25.6 Å². The molecular weight excluding hydrogens is 462 g/mol. The van der Waals surface area contributed by atoms with Crippen molar-refractivity contribution in [3.63, 3.8) is 0 Å². The molecule has 2 aromatic rings. The summed E-state index contributed by atoms with van der Waals surface area (Å²) in [6.45, 7) is 5.60. The number of carbonyl (C=O) groups excluding carboxylic acids is 2. The number of nitro groups is 1. The number of hydrogen-bond acceptors (Lipinski definition) is 8. The fourth-order valence-electron chi connectivity index (χ4n) is 4.89. The van der Waals surface area contributed by atoms with Crippen LogP contribution in [0.15, 0.2) is 77.1 Å². The fourth-order valence-corrected chi connectivity index (χ4v) is 4.89. The third kappa shape index (κ3) is 5.31. The predicted octanol–water partition coefficient (Wildman–Crippen LogP) is 3.82. The van der Waals surface area contributed by atoms with Gasteiger partial charge in [0, 0.05) is 43.2 Å². The third-order valence-electron chi connectivity index (χ3n) is 6.55. The Balaban J connectivity index is 1.60. The molecule has 2 aliphatic heterocycles. The summed E-state index contributed by atoms with van der Waals surface area (Å²) in [4.78, 5) is 39.5. The van der Waals surface area contributed by atoms with E-state index in [2.05, 4.69) is 22.3 Å². The standard InChI is InChI=1S/C27H29N3O6/c1-17-23(26(31)35-3)25(20-10-7-11-21(14-20)30(33)34)24(18(2)28-17)27(32)36-22-12-13-29(16-22)15-19-8-5-4-6-9-19/h4-11,14,22,25,28H,12-13,15-16H2,1-3H3/t22?,25-/m0/s1. The van der Waals surface area contributed by atoms with Crippen LogP contribution >= 0.6 is 0 Å². The molecule has 1 N–H and O–H groups in total. The van der Waals surface area contributed by atoms with Gasteiger partial charge in [-0.25, -0.2) is 9.59 Å². The van der Waals surface area contributed by atoms with Crippen LogP contribution in [0.3, 0.4) is 0 Å². The minimum absolute atomic E-state index is 0.134. The molecule has 2 heterocycles. The van der Waals surface area contributed by atoms with E-state index >= 15 is 0 Å². The Labute approximate surface area is 209 Å². The largest absolute Gasteiger partial charge is 0.466 e. The van der Waals surface area contributed by atoms with E-state index in [1.54, 1.807) is 19.9 Å².